The van der Waals surface area contributed by atoms with E-state index in [0.29, 0.717) is 0 Å². The van der Waals surface area contributed by atoms with Crippen LogP contribution in [0.2, 0.25) is 0 Å². The lowest BCUT2D eigenvalue weighted by Gasteiger charge is -2.07. The van der Waals surface area contributed by atoms with Crippen LogP contribution in [-0.4, -0.2) is 31.7 Å². The molecular weight excluding hydrogens is 260 g/mol. The van der Waals surface area contributed by atoms with Crippen molar-refractivity contribution in [3.8, 4) is 5.82 Å². The lowest BCUT2D eigenvalue weighted by Crippen LogP contribution is -2.10. The van der Waals surface area contributed by atoms with Crippen molar-refractivity contribution in [2.45, 2.75) is 27.2 Å². The maximum absolute atomic E-state index is 11.3. The molecular formula is C12H16N6O2. The summed E-state index contributed by atoms with van der Waals surface area (Å²) in [6.45, 7) is 5.78. The highest BCUT2D eigenvalue weighted by molar-refractivity contribution is 5.64. The topological polar surface area (TPSA) is 98.8 Å². The van der Waals surface area contributed by atoms with Crippen LogP contribution in [-0.2, 0) is 6.42 Å². The number of hydrogen-bond acceptors (Lipinski definition) is 6. The fourth-order valence-electron chi connectivity index (χ4n) is 2.27. The molecule has 0 atom stereocenters. The van der Waals surface area contributed by atoms with Crippen LogP contribution in [0.5, 0.6) is 0 Å². The second-order valence-corrected chi connectivity index (χ2v) is 4.32. The number of rotatable bonds is 4. The van der Waals surface area contributed by atoms with E-state index in [1.54, 1.807) is 7.05 Å². The molecule has 0 amide bonds. The smallest absolute Gasteiger partial charge is 0.355 e. The van der Waals surface area contributed by atoms with Crippen LogP contribution in [0.4, 0.5) is 11.5 Å². The summed E-state index contributed by atoms with van der Waals surface area (Å²) in [6.07, 6.45) is 2.10. The van der Waals surface area contributed by atoms with E-state index >= 15 is 0 Å². The molecule has 0 spiro atoms. The third kappa shape index (κ3) is 2.09. The van der Waals surface area contributed by atoms with E-state index in [4.69, 9.17) is 0 Å². The summed E-state index contributed by atoms with van der Waals surface area (Å²) in [4.78, 5) is 18.7. The molecule has 0 radical (unpaired) electrons. The molecule has 0 saturated carbocycles. The molecule has 106 valence electrons. The third-order valence-electron chi connectivity index (χ3n) is 3.22. The summed E-state index contributed by atoms with van der Waals surface area (Å²) in [5.41, 5.74) is 2.60. The van der Waals surface area contributed by atoms with E-state index in [0.717, 1.165) is 23.4 Å². The van der Waals surface area contributed by atoms with Crippen LogP contribution < -0.4 is 5.32 Å². The predicted octanol–water partition coefficient (Wildman–Crippen LogP) is 1.79. The van der Waals surface area contributed by atoms with Gasteiger partial charge in [0.1, 0.15) is 6.33 Å². The largest absolute Gasteiger partial charge is 0.367 e. The minimum absolute atomic E-state index is 0.172. The van der Waals surface area contributed by atoms with Crippen molar-refractivity contribution >= 4 is 11.5 Å². The van der Waals surface area contributed by atoms with Crippen molar-refractivity contribution in [3.05, 3.63) is 33.4 Å². The first kappa shape index (κ1) is 13.9. The fraction of sp³-hybridized carbons (Fsp3) is 0.417. The summed E-state index contributed by atoms with van der Waals surface area (Å²) in [5, 5.41) is 18.4. The van der Waals surface area contributed by atoms with Crippen molar-refractivity contribution in [2.24, 2.45) is 0 Å². The van der Waals surface area contributed by atoms with Gasteiger partial charge in [-0.1, -0.05) is 6.92 Å². The van der Waals surface area contributed by atoms with Crippen molar-refractivity contribution in [1.29, 1.82) is 0 Å². The zero-order valence-corrected chi connectivity index (χ0v) is 11.8. The maximum Gasteiger partial charge on any atom is 0.355 e. The van der Waals surface area contributed by atoms with Gasteiger partial charge in [0.15, 0.2) is 0 Å². The van der Waals surface area contributed by atoms with Crippen LogP contribution >= 0.6 is 0 Å². The maximum atomic E-state index is 11.3. The average Bonchev–Trinajstić information content (AvgIpc) is 2.72. The Morgan fingerprint density at radius 3 is 2.60 bits per heavy atom. The molecule has 2 aromatic rings. The van der Waals surface area contributed by atoms with Gasteiger partial charge in [0.05, 0.1) is 10.6 Å². The Hall–Kier alpha value is -2.51. The quantitative estimate of drug-likeness (QED) is 0.675. The Labute approximate surface area is 116 Å². The lowest BCUT2D eigenvalue weighted by atomic mass is 10.1. The predicted molar refractivity (Wildman–Crippen MR) is 74.2 cm³/mol. The molecule has 0 fully saturated rings. The monoisotopic (exact) mass is 276 g/mol. The molecule has 0 aliphatic heterocycles. The Kier molecular flexibility index (Phi) is 3.64. The van der Waals surface area contributed by atoms with Crippen molar-refractivity contribution in [3.63, 3.8) is 0 Å². The molecule has 8 nitrogen and oxygen atoms in total. The summed E-state index contributed by atoms with van der Waals surface area (Å²) in [5.74, 6) is 0.347. The van der Waals surface area contributed by atoms with Crippen LogP contribution in [0.1, 0.15) is 23.9 Å². The first-order valence-electron chi connectivity index (χ1n) is 6.23. The molecule has 2 heterocycles. The van der Waals surface area contributed by atoms with Crippen molar-refractivity contribution in [1.82, 2.24) is 19.7 Å². The molecule has 0 aliphatic carbocycles. The fourth-order valence-corrected chi connectivity index (χ4v) is 2.27. The number of anilines is 1. The van der Waals surface area contributed by atoms with E-state index in [-0.39, 0.29) is 17.3 Å². The minimum atomic E-state index is -0.497. The van der Waals surface area contributed by atoms with E-state index in [2.05, 4.69) is 20.4 Å². The Morgan fingerprint density at radius 2 is 2.10 bits per heavy atom. The molecule has 0 aromatic carbocycles. The third-order valence-corrected chi connectivity index (χ3v) is 3.22. The van der Waals surface area contributed by atoms with Gasteiger partial charge in [0.25, 0.3) is 0 Å². The average molecular weight is 276 g/mol. The zero-order valence-electron chi connectivity index (χ0n) is 11.8. The molecule has 1 N–H and O–H groups in total. The van der Waals surface area contributed by atoms with Gasteiger partial charge < -0.3 is 5.32 Å². The highest BCUT2D eigenvalue weighted by Gasteiger charge is 2.26. The number of nitrogens with one attached hydrogen (secondary N) is 1. The van der Waals surface area contributed by atoms with Crippen molar-refractivity contribution < 1.29 is 4.92 Å². The first-order valence-corrected chi connectivity index (χ1v) is 6.23. The van der Waals surface area contributed by atoms with Crippen molar-refractivity contribution in [2.75, 3.05) is 12.4 Å². The highest BCUT2D eigenvalue weighted by atomic mass is 16.6. The Bertz CT molecular complexity index is 664. The Balaban J connectivity index is 2.73. The summed E-state index contributed by atoms with van der Waals surface area (Å²) >= 11 is 0. The van der Waals surface area contributed by atoms with Gasteiger partial charge in [-0.25, -0.2) is 14.6 Å². The molecule has 8 heteroatoms. The number of aryl methyl sites for hydroxylation is 1. The lowest BCUT2D eigenvalue weighted by molar-refractivity contribution is -0.384. The second kappa shape index (κ2) is 5.24. The summed E-state index contributed by atoms with van der Waals surface area (Å²) < 4.78 is 1.51. The molecule has 2 aromatic heterocycles. The van der Waals surface area contributed by atoms with Gasteiger partial charge in [-0.3, -0.25) is 10.1 Å². The normalized spacial score (nSPS) is 10.6. The van der Waals surface area contributed by atoms with E-state index in [1.807, 2.05) is 20.8 Å². The van der Waals surface area contributed by atoms with Gasteiger partial charge in [0, 0.05) is 12.7 Å². The van der Waals surface area contributed by atoms with Gasteiger partial charge in [0.2, 0.25) is 11.6 Å². The van der Waals surface area contributed by atoms with E-state index < -0.39 is 4.92 Å². The van der Waals surface area contributed by atoms with Gasteiger partial charge in [-0.2, -0.15) is 5.10 Å². The van der Waals surface area contributed by atoms with Gasteiger partial charge in [-0.05, 0) is 25.8 Å². The molecule has 0 saturated heterocycles. The SMILES string of the molecule is CCc1c(C)nn(-c2ncnc(NC)c2[N+](=O)[O-])c1C. The van der Waals surface area contributed by atoms with Crippen LogP contribution in [0.3, 0.4) is 0 Å². The number of nitro groups is 1. The highest BCUT2D eigenvalue weighted by Crippen LogP contribution is 2.29. The van der Waals surface area contributed by atoms with Gasteiger partial charge >= 0.3 is 5.69 Å². The van der Waals surface area contributed by atoms with E-state index in [1.165, 1.54) is 11.0 Å². The van der Waals surface area contributed by atoms with Crippen LogP contribution in [0.25, 0.3) is 5.82 Å². The number of hydrogen-bond donors (Lipinski definition) is 1. The zero-order chi connectivity index (χ0) is 14.9. The first-order chi connectivity index (χ1) is 9.51. The summed E-state index contributed by atoms with van der Waals surface area (Å²) in [6, 6.07) is 0. The number of aromatic nitrogens is 4. The minimum Gasteiger partial charge on any atom is -0.367 e. The van der Waals surface area contributed by atoms with Crippen LogP contribution in [0, 0.1) is 24.0 Å². The number of nitrogens with zero attached hydrogens (tertiary/aromatic N) is 5. The molecule has 0 bridgehead atoms. The molecule has 2 rings (SSSR count). The molecule has 0 unspecified atom stereocenters. The second-order valence-electron chi connectivity index (χ2n) is 4.32. The summed E-state index contributed by atoms with van der Waals surface area (Å²) in [7, 11) is 1.58. The van der Waals surface area contributed by atoms with Gasteiger partial charge in [-0.15, -0.1) is 0 Å². The Morgan fingerprint density at radius 1 is 1.40 bits per heavy atom. The molecule has 0 aliphatic rings. The standard InChI is InChI=1S/C12H16N6O2/c1-5-9-7(2)16-17(8(9)3)12-10(18(19)20)11(13-4)14-6-15-12/h6H,5H2,1-4H3,(H,13,14,15). The van der Waals surface area contributed by atoms with Crippen LogP contribution in [0.15, 0.2) is 6.33 Å². The van der Waals surface area contributed by atoms with E-state index in [9.17, 15) is 10.1 Å². The molecule has 20 heavy (non-hydrogen) atoms.